The molecule has 2 heterocycles. The molecule has 0 aliphatic carbocycles. The van der Waals surface area contributed by atoms with Crippen LogP contribution in [-0.4, -0.2) is 46.8 Å². The van der Waals surface area contributed by atoms with Gasteiger partial charge in [0.25, 0.3) is 0 Å². The molecule has 0 spiro atoms. The van der Waals surface area contributed by atoms with Crippen molar-refractivity contribution < 1.29 is 0 Å². The maximum atomic E-state index is 4.73. The van der Waals surface area contributed by atoms with Crippen molar-refractivity contribution >= 4 is 29.9 Å². The number of hydrogen-bond donors (Lipinski definition) is 2. The molecule has 2 N–H and O–H groups in total. The third-order valence-electron chi connectivity index (χ3n) is 5.11. The number of aliphatic imine (C=N–C) groups is 1. The number of halogens is 1. The molecule has 0 unspecified atom stereocenters. The lowest BCUT2D eigenvalue weighted by molar-refractivity contribution is 0.221. The van der Waals surface area contributed by atoms with Crippen LogP contribution < -0.4 is 10.6 Å². The maximum Gasteiger partial charge on any atom is 0.191 e. The monoisotopic (exact) mass is 510 g/mol. The van der Waals surface area contributed by atoms with Gasteiger partial charge in [-0.15, -0.1) is 24.0 Å². The third kappa shape index (κ3) is 8.34. The molecule has 0 atom stereocenters. The number of nitrogens with zero attached hydrogens (tertiary/aromatic N) is 4. The van der Waals surface area contributed by atoms with Crippen molar-refractivity contribution in [2.75, 3.05) is 26.2 Å². The van der Waals surface area contributed by atoms with Gasteiger partial charge in [0.15, 0.2) is 5.96 Å². The first-order valence-corrected chi connectivity index (χ1v) is 10.5. The van der Waals surface area contributed by atoms with Gasteiger partial charge in [-0.1, -0.05) is 30.7 Å². The van der Waals surface area contributed by atoms with Gasteiger partial charge in [-0.25, -0.2) is 4.99 Å². The average molecular weight is 510 g/mol. The van der Waals surface area contributed by atoms with Gasteiger partial charge in [0.2, 0.25) is 0 Å². The first-order chi connectivity index (χ1) is 13.7. The molecular weight excluding hydrogens is 475 g/mol. The van der Waals surface area contributed by atoms with Gasteiger partial charge in [-0.3, -0.25) is 9.58 Å². The Morgan fingerprint density at radius 3 is 2.41 bits per heavy atom. The number of benzene rings is 1. The second-order valence-electron chi connectivity index (χ2n) is 7.55. The Morgan fingerprint density at radius 2 is 1.76 bits per heavy atom. The zero-order valence-electron chi connectivity index (χ0n) is 17.7. The van der Waals surface area contributed by atoms with Gasteiger partial charge in [-0.2, -0.15) is 5.10 Å². The molecule has 1 aromatic heterocycles. The van der Waals surface area contributed by atoms with Crippen molar-refractivity contribution in [1.82, 2.24) is 25.3 Å². The highest BCUT2D eigenvalue weighted by molar-refractivity contribution is 14.0. The van der Waals surface area contributed by atoms with Crippen molar-refractivity contribution in [3.8, 4) is 0 Å². The van der Waals surface area contributed by atoms with Gasteiger partial charge >= 0.3 is 0 Å². The fourth-order valence-corrected chi connectivity index (χ4v) is 3.56. The van der Waals surface area contributed by atoms with E-state index in [9.17, 15) is 0 Å². The van der Waals surface area contributed by atoms with Gasteiger partial charge in [-0.05, 0) is 56.0 Å². The fraction of sp³-hybridized carbons (Fsp3) is 0.545. The molecule has 2 aromatic rings. The minimum Gasteiger partial charge on any atom is -0.357 e. The van der Waals surface area contributed by atoms with E-state index in [0.29, 0.717) is 6.54 Å². The number of guanidine groups is 1. The number of hydrogen-bond acceptors (Lipinski definition) is 3. The first kappa shape index (κ1) is 23.7. The number of aromatic nitrogens is 2. The second-order valence-corrected chi connectivity index (χ2v) is 7.55. The van der Waals surface area contributed by atoms with Crippen LogP contribution in [0, 0.1) is 0 Å². The Balaban J connectivity index is 0.00000300. The van der Waals surface area contributed by atoms with E-state index in [-0.39, 0.29) is 24.0 Å². The highest BCUT2D eigenvalue weighted by atomic mass is 127. The smallest absolute Gasteiger partial charge is 0.191 e. The summed E-state index contributed by atoms with van der Waals surface area (Å²) >= 11 is 0. The van der Waals surface area contributed by atoms with E-state index in [1.165, 1.54) is 49.0 Å². The summed E-state index contributed by atoms with van der Waals surface area (Å²) in [5, 5.41) is 10.9. The van der Waals surface area contributed by atoms with E-state index in [4.69, 9.17) is 4.99 Å². The van der Waals surface area contributed by atoms with E-state index in [1.807, 2.05) is 17.9 Å². The number of piperidine rings is 1. The summed E-state index contributed by atoms with van der Waals surface area (Å²) in [6.45, 7) is 8.02. The molecule has 0 amide bonds. The van der Waals surface area contributed by atoms with Crippen molar-refractivity contribution in [3.63, 3.8) is 0 Å². The van der Waals surface area contributed by atoms with Crippen LogP contribution in [0.4, 0.5) is 0 Å². The molecular formula is C22H35IN6. The molecule has 1 saturated heterocycles. The van der Waals surface area contributed by atoms with E-state index >= 15 is 0 Å². The van der Waals surface area contributed by atoms with Gasteiger partial charge < -0.3 is 10.6 Å². The molecule has 0 saturated carbocycles. The fourth-order valence-electron chi connectivity index (χ4n) is 3.56. The Bertz CT molecular complexity index is 734. The SMILES string of the molecule is CCNC(=NCc1ccc(CN2CCCCC2)cc1)NCCc1cnn(C)c1.I. The highest BCUT2D eigenvalue weighted by Crippen LogP contribution is 2.14. The third-order valence-corrected chi connectivity index (χ3v) is 5.11. The molecule has 160 valence electrons. The van der Waals surface area contributed by atoms with Crippen molar-refractivity contribution in [1.29, 1.82) is 0 Å². The summed E-state index contributed by atoms with van der Waals surface area (Å²) in [5.41, 5.74) is 3.87. The molecule has 1 aliphatic rings. The summed E-state index contributed by atoms with van der Waals surface area (Å²) in [6, 6.07) is 8.92. The van der Waals surface area contributed by atoms with Crippen molar-refractivity contribution in [3.05, 3.63) is 53.3 Å². The molecule has 6 nitrogen and oxygen atoms in total. The average Bonchev–Trinajstić information content (AvgIpc) is 3.13. The Kier molecular flexibility index (Phi) is 10.5. The van der Waals surface area contributed by atoms with Gasteiger partial charge in [0, 0.05) is 32.9 Å². The summed E-state index contributed by atoms with van der Waals surface area (Å²) in [4.78, 5) is 7.29. The summed E-state index contributed by atoms with van der Waals surface area (Å²) < 4.78 is 1.84. The standard InChI is InChI=1S/C22H34N6.HI/c1-3-23-22(24-12-11-21-16-26-27(2)17-21)25-15-19-7-9-20(10-8-19)18-28-13-5-4-6-14-28;/h7-10,16-17H,3-6,11-15,18H2,1-2H3,(H2,23,24,25);1H. The Labute approximate surface area is 192 Å². The van der Waals surface area contributed by atoms with E-state index < -0.39 is 0 Å². The number of aryl methyl sites for hydroxylation is 1. The van der Waals surface area contributed by atoms with Gasteiger partial charge in [0.05, 0.1) is 12.7 Å². The van der Waals surface area contributed by atoms with Crippen molar-refractivity contribution in [2.24, 2.45) is 12.0 Å². The van der Waals surface area contributed by atoms with Crippen molar-refractivity contribution in [2.45, 2.75) is 45.7 Å². The topological polar surface area (TPSA) is 57.5 Å². The lowest BCUT2D eigenvalue weighted by Gasteiger charge is -2.26. The van der Waals surface area contributed by atoms with Crippen LogP contribution in [0.3, 0.4) is 0 Å². The van der Waals surface area contributed by atoms with Crippen LogP contribution in [0.2, 0.25) is 0 Å². The zero-order valence-corrected chi connectivity index (χ0v) is 20.1. The van der Waals surface area contributed by atoms with E-state index in [2.05, 4.69) is 58.0 Å². The predicted molar refractivity (Wildman–Crippen MR) is 131 cm³/mol. The molecule has 1 aromatic carbocycles. The molecule has 1 aliphatic heterocycles. The predicted octanol–water partition coefficient (Wildman–Crippen LogP) is 3.32. The highest BCUT2D eigenvalue weighted by Gasteiger charge is 2.10. The maximum absolute atomic E-state index is 4.73. The number of likely N-dealkylation sites (tertiary alicyclic amines) is 1. The summed E-state index contributed by atoms with van der Waals surface area (Å²) in [7, 11) is 1.94. The van der Waals surface area contributed by atoms with Crippen LogP contribution in [0.5, 0.6) is 0 Å². The first-order valence-electron chi connectivity index (χ1n) is 10.5. The zero-order chi connectivity index (χ0) is 19.6. The van der Waals surface area contributed by atoms with Crippen LogP contribution in [0.1, 0.15) is 42.9 Å². The normalized spacial score (nSPS) is 15.0. The van der Waals surface area contributed by atoms with Crippen LogP contribution >= 0.6 is 24.0 Å². The summed E-state index contributed by atoms with van der Waals surface area (Å²) in [6.07, 6.45) is 8.97. The quantitative estimate of drug-likeness (QED) is 0.325. The second kappa shape index (κ2) is 12.8. The summed E-state index contributed by atoms with van der Waals surface area (Å²) in [5.74, 6) is 0.865. The lowest BCUT2D eigenvalue weighted by Crippen LogP contribution is -2.38. The van der Waals surface area contributed by atoms with Crippen LogP contribution in [0.15, 0.2) is 41.7 Å². The number of rotatable bonds is 8. The van der Waals surface area contributed by atoms with Crippen LogP contribution in [-0.2, 0) is 26.6 Å². The molecule has 1 fully saturated rings. The lowest BCUT2D eigenvalue weighted by atomic mass is 10.1. The Morgan fingerprint density at radius 1 is 1.03 bits per heavy atom. The minimum atomic E-state index is 0. The molecule has 3 rings (SSSR count). The van der Waals surface area contributed by atoms with E-state index in [1.54, 1.807) is 0 Å². The molecule has 0 bridgehead atoms. The molecule has 7 heteroatoms. The minimum absolute atomic E-state index is 0. The van der Waals surface area contributed by atoms with Gasteiger partial charge in [0.1, 0.15) is 0 Å². The Hall–Kier alpha value is -1.61. The largest absolute Gasteiger partial charge is 0.357 e. The molecule has 29 heavy (non-hydrogen) atoms. The number of nitrogens with one attached hydrogen (secondary N) is 2. The molecule has 0 radical (unpaired) electrons. The van der Waals surface area contributed by atoms with Crippen LogP contribution in [0.25, 0.3) is 0 Å². The van der Waals surface area contributed by atoms with E-state index in [0.717, 1.165) is 32.0 Å².